The number of hydrogen-bond donors (Lipinski definition) is 1. The van der Waals surface area contributed by atoms with Crippen molar-refractivity contribution in [1.29, 1.82) is 0 Å². The Morgan fingerprint density at radius 1 is 1.08 bits per heavy atom. The van der Waals surface area contributed by atoms with Crippen molar-refractivity contribution in [2.75, 3.05) is 14.2 Å². The van der Waals surface area contributed by atoms with Crippen LogP contribution in [0.3, 0.4) is 0 Å². The summed E-state index contributed by atoms with van der Waals surface area (Å²) in [6.07, 6.45) is -0.650. The monoisotopic (exact) mass is 341 g/mol. The molecule has 0 aromatic heterocycles. The number of rotatable bonds is 6. The molecule has 0 fully saturated rings. The van der Waals surface area contributed by atoms with E-state index in [1.807, 2.05) is 42.5 Å². The fourth-order valence-corrected chi connectivity index (χ4v) is 2.80. The van der Waals surface area contributed by atoms with Gasteiger partial charge in [-0.15, -0.1) is 0 Å². The average Bonchev–Trinajstić information content (AvgIpc) is 2.60. The first-order chi connectivity index (χ1) is 11.9. The first-order valence-electron chi connectivity index (χ1n) is 8.43. The lowest BCUT2D eigenvalue weighted by Crippen LogP contribution is -2.27. The van der Waals surface area contributed by atoms with E-state index in [9.17, 15) is 4.79 Å². The van der Waals surface area contributed by atoms with E-state index in [2.05, 4.69) is 32.2 Å². The SMILES string of the molecule is CNC(=O)C(OC)c1ccccc1COc1ccccc1C(C)(C)C. The number of nitrogens with one attached hydrogen (secondary N) is 1. The Morgan fingerprint density at radius 3 is 2.36 bits per heavy atom. The standard InChI is InChI=1S/C21H27NO3/c1-21(2,3)17-12-8-9-13-18(17)25-14-15-10-6-7-11-16(15)19(24-5)20(23)22-4/h6-13,19H,14H2,1-5H3,(H,22,23). The normalized spacial score (nSPS) is 12.5. The maximum absolute atomic E-state index is 12.1. The largest absolute Gasteiger partial charge is 0.489 e. The molecule has 4 heteroatoms. The second-order valence-electron chi connectivity index (χ2n) is 6.96. The molecule has 0 bridgehead atoms. The van der Waals surface area contributed by atoms with Gasteiger partial charge in [0.1, 0.15) is 12.4 Å². The van der Waals surface area contributed by atoms with Gasteiger partial charge < -0.3 is 14.8 Å². The topological polar surface area (TPSA) is 47.6 Å². The third kappa shape index (κ3) is 4.60. The van der Waals surface area contributed by atoms with Gasteiger partial charge in [-0.3, -0.25) is 4.79 Å². The lowest BCUT2D eigenvalue weighted by atomic mass is 9.86. The molecule has 0 heterocycles. The Morgan fingerprint density at radius 2 is 1.72 bits per heavy atom. The van der Waals surface area contributed by atoms with Gasteiger partial charge in [-0.05, 0) is 28.2 Å². The van der Waals surface area contributed by atoms with Crippen molar-refractivity contribution in [3.8, 4) is 5.75 Å². The summed E-state index contributed by atoms with van der Waals surface area (Å²) in [4.78, 5) is 12.1. The van der Waals surface area contributed by atoms with Crippen LogP contribution >= 0.6 is 0 Å². The number of methoxy groups -OCH3 is 1. The van der Waals surface area contributed by atoms with E-state index in [0.29, 0.717) is 6.61 Å². The van der Waals surface area contributed by atoms with Crippen molar-refractivity contribution < 1.29 is 14.3 Å². The predicted octanol–water partition coefficient (Wildman–Crippen LogP) is 4.00. The smallest absolute Gasteiger partial charge is 0.253 e. The van der Waals surface area contributed by atoms with E-state index in [0.717, 1.165) is 22.4 Å². The van der Waals surface area contributed by atoms with Gasteiger partial charge in [-0.1, -0.05) is 63.2 Å². The van der Waals surface area contributed by atoms with Crippen molar-refractivity contribution >= 4 is 5.91 Å². The van der Waals surface area contributed by atoms with Gasteiger partial charge in [0.2, 0.25) is 0 Å². The van der Waals surface area contributed by atoms with E-state index < -0.39 is 6.10 Å². The van der Waals surface area contributed by atoms with E-state index in [4.69, 9.17) is 9.47 Å². The molecular weight excluding hydrogens is 314 g/mol. The molecule has 25 heavy (non-hydrogen) atoms. The summed E-state index contributed by atoms with van der Waals surface area (Å²) in [5, 5.41) is 2.64. The Hall–Kier alpha value is -2.33. The highest BCUT2D eigenvalue weighted by Crippen LogP contribution is 2.32. The van der Waals surface area contributed by atoms with E-state index >= 15 is 0 Å². The number of likely N-dealkylation sites (N-methyl/N-ethyl adjacent to an activating group) is 1. The average molecular weight is 341 g/mol. The molecule has 1 amide bonds. The van der Waals surface area contributed by atoms with Crippen LogP contribution in [0.5, 0.6) is 5.75 Å². The molecule has 2 aromatic carbocycles. The van der Waals surface area contributed by atoms with Crippen LogP contribution in [0.2, 0.25) is 0 Å². The van der Waals surface area contributed by atoms with Crippen LogP contribution in [0.25, 0.3) is 0 Å². The Labute approximate surface area is 150 Å². The summed E-state index contributed by atoms with van der Waals surface area (Å²) < 4.78 is 11.5. The van der Waals surface area contributed by atoms with Gasteiger partial charge in [0.15, 0.2) is 6.10 Å². The molecule has 2 rings (SSSR count). The molecule has 0 radical (unpaired) electrons. The zero-order valence-corrected chi connectivity index (χ0v) is 15.6. The second kappa shape index (κ2) is 8.17. The molecule has 1 N–H and O–H groups in total. The molecule has 0 aliphatic heterocycles. The maximum atomic E-state index is 12.1. The number of carbonyl (C=O) groups excluding carboxylic acids is 1. The third-order valence-corrected chi connectivity index (χ3v) is 4.14. The van der Waals surface area contributed by atoms with Crippen LogP contribution in [-0.2, 0) is 21.6 Å². The van der Waals surface area contributed by atoms with Crippen LogP contribution in [0.15, 0.2) is 48.5 Å². The predicted molar refractivity (Wildman–Crippen MR) is 99.7 cm³/mol. The van der Waals surface area contributed by atoms with Gasteiger partial charge in [0.05, 0.1) is 0 Å². The number of para-hydroxylation sites is 1. The Bertz CT molecular complexity index is 719. The van der Waals surface area contributed by atoms with Gasteiger partial charge in [0.25, 0.3) is 5.91 Å². The lowest BCUT2D eigenvalue weighted by molar-refractivity contribution is -0.130. The molecule has 0 aliphatic carbocycles. The zero-order chi connectivity index (χ0) is 18.4. The minimum Gasteiger partial charge on any atom is -0.489 e. The van der Waals surface area contributed by atoms with Crippen molar-refractivity contribution in [1.82, 2.24) is 5.32 Å². The van der Waals surface area contributed by atoms with Crippen molar-refractivity contribution in [2.45, 2.75) is 38.9 Å². The van der Waals surface area contributed by atoms with E-state index in [1.54, 1.807) is 7.05 Å². The Balaban J connectivity index is 2.27. The summed E-state index contributed by atoms with van der Waals surface area (Å²) >= 11 is 0. The molecule has 4 nitrogen and oxygen atoms in total. The molecule has 1 atom stereocenters. The summed E-state index contributed by atoms with van der Waals surface area (Å²) in [5.41, 5.74) is 2.90. The van der Waals surface area contributed by atoms with Crippen LogP contribution in [0, 0.1) is 0 Å². The Kier molecular flexibility index (Phi) is 6.21. The minimum atomic E-state index is -0.650. The third-order valence-electron chi connectivity index (χ3n) is 4.14. The quantitative estimate of drug-likeness (QED) is 0.864. The molecule has 0 aliphatic rings. The number of ether oxygens (including phenoxy) is 2. The molecule has 1 unspecified atom stereocenters. The summed E-state index contributed by atoms with van der Waals surface area (Å²) in [6, 6.07) is 15.8. The number of amides is 1. The summed E-state index contributed by atoms with van der Waals surface area (Å²) in [5.74, 6) is 0.684. The first kappa shape index (κ1) is 19.0. The highest BCUT2D eigenvalue weighted by Gasteiger charge is 2.22. The van der Waals surface area contributed by atoms with Crippen LogP contribution in [0.4, 0.5) is 0 Å². The van der Waals surface area contributed by atoms with Crippen molar-refractivity contribution in [3.05, 3.63) is 65.2 Å². The molecule has 2 aromatic rings. The molecular formula is C21H27NO3. The first-order valence-corrected chi connectivity index (χ1v) is 8.43. The van der Waals surface area contributed by atoms with Gasteiger partial charge in [0, 0.05) is 14.2 Å². The van der Waals surface area contributed by atoms with Gasteiger partial charge in [-0.25, -0.2) is 0 Å². The van der Waals surface area contributed by atoms with E-state index in [1.165, 1.54) is 7.11 Å². The van der Waals surface area contributed by atoms with Crippen molar-refractivity contribution in [3.63, 3.8) is 0 Å². The number of benzene rings is 2. The summed E-state index contributed by atoms with van der Waals surface area (Å²) in [7, 11) is 3.14. The highest BCUT2D eigenvalue weighted by molar-refractivity contribution is 5.82. The van der Waals surface area contributed by atoms with Gasteiger partial charge >= 0.3 is 0 Å². The minimum absolute atomic E-state index is 0.00667. The molecule has 134 valence electrons. The molecule has 0 spiro atoms. The molecule has 0 saturated heterocycles. The van der Waals surface area contributed by atoms with Crippen LogP contribution in [0.1, 0.15) is 43.6 Å². The lowest BCUT2D eigenvalue weighted by Gasteiger charge is -2.23. The summed E-state index contributed by atoms with van der Waals surface area (Å²) in [6.45, 7) is 6.86. The highest BCUT2D eigenvalue weighted by atomic mass is 16.5. The number of carbonyl (C=O) groups is 1. The fraction of sp³-hybridized carbons (Fsp3) is 0.381. The molecule has 0 saturated carbocycles. The van der Waals surface area contributed by atoms with Crippen LogP contribution < -0.4 is 10.1 Å². The fourth-order valence-electron chi connectivity index (χ4n) is 2.80. The van der Waals surface area contributed by atoms with Gasteiger partial charge in [-0.2, -0.15) is 0 Å². The van der Waals surface area contributed by atoms with Crippen LogP contribution in [-0.4, -0.2) is 20.1 Å². The maximum Gasteiger partial charge on any atom is 0.253 e. The number of hydrogen-bond acceptors (Lipinski definition) is 3. The van der Waals surface area contributed by atoms with E-state index in [-0.39, 0.29) is 11.3 Å². The van der Waals surface area contributed by atoms with Crippen molar-refractivity contribution in [2.24, 2.45) is 0 Å². The second-order valence-corrected chi connectivity index (χ2v) is 6.96. The zero-order valence-electron chi connectivity index (χ0n) is 15.6.